The summed E-state index contributed by atoms with van der Waals surface area (Å²) in [5.74, 6) is 0. The summed E-state index contributed by atoms with van der Waals surface area (Å²) >= 11 is 7.58. The van der Waals surface area contributed by atoms with E-state index in [0.29, 0.717) is 10.3 Å². The van der Waals surface area contributed by atoms with E-state index in [2.05, 4.69) is 37.1 Å². The first kappa shape index (κ1) is 18.9. The number of hydrogen-bond acceptors (Lipinski definition) is 9. The smallest absolute Gasteiger partial charge is 0.209 e. The summed E-state index contributed by atoms with van der Waals surface area (Å²) < 4.78 is 0. The van der Waals surface area contributed by atoms with Gasteiger partial charge in [-0.2, -0.15) is 0 Å². The molecule has 9 heteroatoms. The highest BCUT2D eigenvalue weighted by atomic mass is 32.1. The van der Waals surface area contributed by atoms with Gasteiger partial charge in [0.15, 0.2) is 5.13 Å². The first-order valence-electron chi connectivity index (χ1n) is 7.71. The molecule has 0 aliphatic carbocycles. The maximum atomic E-state index is 5.51. The molecule has 6 nitrogen and oxygen atoms in total. The van der Waals surface area contributed by atoms with Crippen LogP contribution in [0.5, 0.6) is 0 Å². The van der Waals surface area contributed by atoms with Crippen LogP contribution < -0.4 is 5.73 Å². The minimum Gasteiger partial charge on any atom is -0.375 e. The molecule has 0 fully saturated rings. The Labute approximate surface area is 169 Å². The Balaban J connectivity index is 0.000000159. The lowest BCUT2D eigenvalue weighted by molar-refractivity contribution is 1.31. The zero-order valence-corrected chi connectivity index (χ0v) is 16.4. The lowest BCUT2D eigenvalue weighted by atomic mass is 10.2. The van der Waals surface area contributed by atoms with E-state index in [1.54, 1.807) is 31.0 Å². The van der Waals surface area contributed by atoms with Crippen molar-refractivity contribution in [3.63, 3.8) is 0 Å². The largest absolute Gasteiger partial charge is 0.375 e. The summed E-state index contributed by atoms with van der Waals surface area (Å²) in [6, 6.07) is 7.66. The number of rotatable bonds is 4. The molecule has 0 aliphatic rings. The van der Waals surface area contributed by atoms with Gasteiger partial charge in [-0.1, -0.05) is 12.2 Å². The molecule has 134 valence electrons. The number of anilines is 1. The molecule has 2 N–H and O–H groups in total. The van der Waals surface area contributed by atoms with Crippen LogP contribution in [-0.4, -0.2) is 31.5 Å². The fraction of sp³-hybridized carbons (Fsp3) is 0. The molecule has 4 aromatic heterocycles. The molecule has 0 aromatic carbocycles. The molecule has 4 heterocycles. The molecule has 0 bridgehead atoms. The lowest BCUT2D eigenvalue weighted by Crippen LogP contribution is -1.82. The fourth-order valence-electron chi connectivity index (χ4n) is 2.02. The third-order valence-electron chi connectivity index (χ3n) is 3.21. The van der Waals surface area contributed by atoms with Gasteiger partial charge < -0.3 is 5.73 Å². The summed E-state index contributed by atoms with van der Waals surface area (Å²) in [6.07, 6.45) is 8.53. The maximum absolute atomic E-state index is 5.51. The third kappa shape index (κ3) is 5.55. The van der Waals surface area contributed by atoms with E-state index in [-0.39, 0.29) is 0 Å². The fourth-order valence-corrected chi connectivity index (χ4v) is 3.33. The zero-order chi connectivity index (χ0) is 18.9. The van der Waals surface area contributed by atoms with Crippen LogP contribution in [0.1, 0.15) is 0 Å². The maximum Gasteiger partial charge on any atom is 0.209 e. The lowest BCUT2D eigenvalue weighted by Gasteiger charge is -1.92. The second-order valence-corrected chi connectivity index (χ2v) is 6.97. The molecule has 0 aliphatic heterocycles. The van der Waals surface area contributed by atoms with E-state index in [1.807, 2.05) is 35.0 Å². The van der Waals surface area contributed by atoms with E-state index in [0.717, 1.165) is 22.5 Å². The van der Waals surface area contributed by atoms with Crippen molar-refractivity contribution in [3.8, 4) is 22.5 Å². The van der Waals surface area contributed by atoms with Gasteiger partial charge >= 0.3 is 0 Å². The Kier molecular flexibility index (Phi) is 6.80. The van der Waals surface area contributed by atoms with Gasteiger partial charge in [0.05, 0.1) is 11.4 Å². The highest BCUT2D eigenvalue weighted by Gasteiger charge is 2.02. The summed E-state index contributed by atoms with van der Waals surface area (Å²) in [7, 11) is 0. The number of aromatic nitrogens is 4. The SMILES string of the molecule is Nc1nc(-c2ccncc2)cs1.S=CC=Nc1nc(-c2ccncc2)cs1. The van der Waals surface area contributed by atoms with Crippen molar-refractivity contribution >= 4 is 56.7 Å². The Hall–Kier alpha value is -2.88. The van der Waals surface area contributed by atoms with Crippen LogP contribution in [0.15, 0.2) is 64.8 Å². The number of nitrogens with zero attached hydrogens (tertiary/aromatic N) is 5. The molecule has 0 saturated heterocycles. The first-order valence-corrected chi connectivity index (χ1v) is 9.94. The average molecular weight is 411 g/mol. The number of thiocarbonyl (C=S) groups is 1. The van der Waals surface area contributed by atoms with Gasteiger partial charge in [0.2, 0.25) is 5.13 Å². The highest BCUT2D eigenvalue weighted by molar-refractivity contribution is 7.80. The molecule has 0 radical (unpaired) electrons. The number of pyridine rings is 2. The molecule has 0 saturated carbocycles. The van der Waals surface area contributed by atoms with Crippen LogP contribution in [0.3, 0.4) is 0 Å². The monoisotopic (exact) mass is 410 g/mol. The van der Waals surface area contributed by atoms with Gasteiger partial charge in [0, 0.05) is 58.3 Å². The van der Waals surface area contributed by atoms with Crippen LogP contribution >= 0.6 is 34.9 Å². The van der Waals surface area contributed by atoms with Crippen molar-refractivity contribution in [2.45, 2.75) is 0 Å². The summed E-state index contributed by atoms with van der Waals surface area (Å²) in [4.78, 5) is 20.4. The normalized spacial score (nSPS) is 10.4. The molecule has 27 heavy (non-hydrogen) atoms. The minimum atomic E-state index is 0.599. The molecular weight excluding hydrogens is 396 g/mol. The van der Waals surface area contributed by atoms with Crippen LogP contribution in [0.25, 0.3) is 22.5 Å². The van der Waals surface area contributed by atoms with Crippen LogP contribution in [-0.2, 0) is 0 Å². The van der Waals surface area contributed by atoms with Crippen molar-refractivity contribution in [3.05, 3.63) is 59.8 Å². The highest BCUT2D eigenvalue weighted by Crippen LogP contribution is 2.25. The second kappa shape index (κ2) is 9.72. The van der Waals surface area contributed by atoms with E-state index < -0.39 is 0 Å². The summed E-state index contributed by atoms with van der Waals surface area (Å²) in [6.45, 7) is 0. The van der Waals surface area contributed by atoms with Gasteiger partial charge in [-0.3, -0.25) is 9.97 Å². The Morgan fingerprint density at radius 3 is 1.93 bits per heavy atom. The van der Waals surface area contributed by atoms with Crippen molar-refractivity contribution in [2.75, 3.05) is 5.73 Å². The standard InChI is InChI=1S/C10H7N3S2.C8H7N3S/c14-6-5-12-10-13-9(7-15-10)8-1-3-11-4-2-8;9-8-11-7(5-12-8)6-1-3-10-4-2-6/h1-7H;1-5H,(H2,9,11). The van der Waals surface area contributed by atoms with Gasteiger partial charge in [0.25, 0.3) is 0 Å². The van der Waals surface area contributed by atoms with Crippen LogP contribution in [0.2, 0.25) is 0 Å². The third-order valence-corrected chi connectivity index (χ3v) is 4.76. The molecule has 0 amide bonds. The number of hydrogen-bond donors (Lipinski definition) is 1. The van der Waals surface area contributed by atoms with Crippen molar-refractivity contribution in [1.82, 2.24) is 19.9 Å². The number of nitrogen functional groups attached to an aromatic ring is 1. The van der Waals surface area contributed by atoms with Crippen molar-refractivity contribution < 1.29 is 0 Å². The number of nitrogens with two attached hydrogens (primary N) is 1. The van der Waals surface area contributed by atoms with Gasteiger partial charge in [-0.15, -0.1) is 22.7 Å². The van der Waals surface area contributed by atoms with E-state index >= 15 is 0 Å². The Bertz CT molecular complexity index is 1010. The van der Waals surface area contributed by atoms with E-state index in [1.165, 1.54) is 28.0 Å². The van der Waals surface area contributed by atoms with E-state index in [9.17, 15) is 0 Å². The Morgan fingerprint density at radius 2 is 1.41 bits per heavy atom. The van der Waals surface area contributed by atoms with Crippen molar-refractivity contribution in [2.24, 2.45) is 4.99 Å². The second-order valence-electron chi connectivity index (χ2n) is 4.97. The topological polar surface area (TPSA) is 89.9 Å². The molecule has 0 spiro atoms. The van der Waals surface area contributed by atoms with Crippen LogP contribution in [0, 0.1) is 0 Å². The number of aliphatic imine (C=N–C) groups is 1. The minimum absolute atomic E-state index is 0.599. The average Bonchev–Trinajstić information content (AvgIpc) is 3.37. The number of thiazole rings is 2. The predicted octanol–water partition coefficient (Wildman–Crippen LogP) is 4.69. The molecule has 0 atom stereocenters. The van der Waals surface area contributed by atoms with Crippen molar-refractivity contribution in [1.29, 1.82) is 0 Å². The van der Waals surface area contributed by atoms with Gasteiger partial charge in [-0.25, -0.2) is 15.0 Å². The van der Waals surface area contributed by atoms with Gasteiger partial charge in [-0.05, 0) is 24.3 Å². The zero-order valence-electron chi connectivity index (χ0n) is 14.0. The molecule has 4 rings (SSSR count). The molecule has 0 unspecified atom stereocenters. The Morgan fingerprint density at radius 1 is 0.852 bits per heavy atom. The quantitative estimate of drug-likeness (QED) is 0.388. The summed E-state index contributed by atoms with van der Waals surface area (Å²) in [5.41, 5.74) is 9.44. The van der Waals surface area contributed by atoms with Gasteiger partial charge in [0.1, 0.15) is 0 Å². The summed E-state index contributed by atoms with van der Waals surface area (Å²) in [5, 5.41) is 6.67. The first-order chi connectivity index (χ1) is 13.3. The van der Waals surface area contributed by atoms with Crippen LogP contribution in [0.4, 0.5) is 10.3 Å². The molecule has 4 aromatic rings. The predicted molar refractivity (Wildman–Crippen MR) is 117 cm³/mol. The van der Waals surface area contributed by atoms with E-state index in [4.69, 9.17) is 5.73 Å². The molecular formula is C18H14N6S3.